The highest BCUT2D eigenvalue weighted by Crippen LogP contribution is 2.21. The lowest BCUT2D eigenvalue weighted by atomic mass is 10.3. The van der Waals surface area contributed by atoms with Gasteiger partial charge in [-0.1, -0.05) is 18.2 Å². The third-order valence-corrected chi connectivity index (χ3v) is 3.45. The summed E-state index contributed by atoms with van der Waals surface area (Å²) in [5.41, 5.74) is 8.76. The van der Waals surface area contributed by atoms with Crippen LogP contribution < -0.4 is 10.5 Å². The van der Waals surface area contributed by atoms with Crippen molar-refractivity contribution in [2.45, 2.75) is 26.9 Å². The van der Waals surface area contributed by atoms with Crippen LogP contribution in [0.3, 0.4) is 0 Å². The number of nitrogens with zero attached hydrogens (tertiary/aromatic N) is 4. The molecule has 110 valence electrons. The molecule has 2 N–H and O–H groups in total. The highest BCUT2D eigenvalue weighted by molar-refractivity contribution is 5.77. The SMILES string of the molecule is CCn1nc(C)c2nc(N)n(CCOc3ccccc3)c21. The molecule has 6 heteroatoms. The molecule has 0 atom stereocenters. The lowest BCUT2D eigenvalue weighted by molar-refractivity contribution is 0.300. The van der Waals surface area contributed by atoms with Gasteiger partial charge in [-0.05, 0) is 26.0 Å². The Balaban J connectivity index is 1.82. The number of hydrogen-bond donors (Lipinski definition) is 1. The molecule has 0 aliphatic rings. The fourth-order valence-electron chi connectivity index (χ4n) is 2.45. The lowest BCUT2D eigenvalue weighted by Crippen LogP contribution is -2.13. The van der Waals surface area contributed by atoms with Gasteiger partial charge in [-0.25, -0.2) is 9.67 Å². The summed E-state index contributed by atoms with van der Waals surface area (Å²) in [6, 6.07) is 9.75. The van der Waals surface area contributed by atoms with E-state index in [9.17, 15) is 0 Å². The van der Waals surface area contributed by atoms with Crippen LogP contribution in [0.5, 0.6) is 5.75 Å². The van der Waals surface area contributed by atoms with Gasteiger partial charge in [0.15, 0.2) is 5.65 Å². The van der Waals surface area contributed by atoms with Gasteiger partial charge in [-0.15, -0.1) is 0 Å². The molecule has 2 heterocycles. The second-order valence-corrected chi connectivity index (χ2v) is 4.86. The number of benzene rings is 1. The second kappa shape index (κ2) is 5.47. The van der Waals surface area contributed by atoms with E-state index in [0.29, 0.717) is 19.1 Å². The van der Waals surface area contributed by atoms with Crippen LogP contribution in [0.25, 0.3) is 11.2 Å². The van der Waals surface area contributed by atoms with Crippen molar-refractivity contribution < 1.29 is 4.74 Å². The molecule has 0 amide bonds. The van der Waals surface area contributed by atoms with E-state index in [0.717, 1.165) is 29.2 Å². The van der Waals surface area contributed by atoms with Crippen LogP contribution in [0.15, 0.2) is 30.3 Å². The van der Waals surface area contributed by atoms with Gasteiger partial charge >= 0.3 is 0 Å². The topological polar surface area (TPSA) is 70.9 Å². The largest absolute Gasteiger partial charge is 0.492 e. The van der Waals surface area contributed by atoms with Crippen molar-refractivity contribution >= 4 is 17.1 Å². The average Bonchev–Trinajstić information content (AvgIpc) is 2.98. The number of nitrogens with two attached hydrogens (primary N) is 1. The first-order valence-corrected chi connectivity index (χ1v) is 7.07. The fourth-order valence-corrected chi connectivity index (χ4v) is 2.45. The standard InChI is InChI=1S/C15H19N5O/c1-3-20-14-13(11(2)18-20)17-15(16)19(14)9-10-21-12-7-5-4-6-8-12/h4-8H,3,9-10H2,1-2H3,(H2,16,17). The van der Waals surface area contributed by atoms with E-state index < -0.39 is 0 Å². The van der Waals surface area contributed by atoms with Gasteiger partial charge in [0, 0.05) is 6.54 Å². The van der Waals surface area contributed by atoms with Gasteiger partial charge < -0.3 is 10.5 Å². The van der Waals surface area contributed by atoms with E-state index in [2.05, 4.69) is 17.0 Å². The molecule has 3 rings (SSSR count). The van der Waals surface area contributed by atoms with Crippen LogP contribution in [0.1, 0.15) is 12.6 Å². The van der Waals surface area contributed by atoms with Crippen molar-refractivity contribution in [3.8, 4) is 5.75 Å². The Kier molecular flexibility index (Phi) is 3.51. The maximum atomic E-state index is 6.02. The second-order valence-electron chi connectivity index (χ2n) is 4.86. The number of ether oxygens (including phenoxy) is 1. The maximum Gasteiger partial charge on any atom is 0.202 e. The van der Waals surface area contributed by atoms with E-state index in [4.69, 9.17) is 10.5 Å². The highest BCUT2D eigenvalue weighted by Gasteiger charge is 2.16. The van der Waals surface area contributed by atoms with Gasteiger partial charge in [0.2, 0.25) is 5.95 Å². The first-order chi connectivity index (χ1) is 10.2. The van der Waals surface area contributed by atoms with Crippen LogP contribution in [-0.4, -0.2) is 25.9 Å². The van der Waals surface area contributed by atoms with Crippen LogP contribution in [0.2, 0.25) is 0 Å². The van der Waals surface area contributed by atoms with E-state index in [1.165, 1.54) is 0 Å². The summed E-state index contributed by atoms with van der Waals surface area (Å²) in [5.74, 6) is 1.36. The predicted octanol–water partition coefficient (Wildman–Crippen LogP) is 2.22. The number of rotatable bonds is 5. The summed E-state index contributed by atoms with van der Waals surface area (Å²) in [6.07, 6.45) is 0. The first kappa shape index (κ1) is 13.5. The van der Waals surface area contributed by atoms with Gasteiger partial charge in [-0.3, -0.25) is 4.57 Å². The van der Waals surface area contributed by atoms with Crippen LogP contribution >= 0.6 is 0 Å². The van der Waals surface area contributed by atoms with Crippen molar-refractivity contribution in [1.82, 2.24) is 19.3 Å². The number of imidazole rings is 1. The monoisotopic (exact) mass is 285 g/mol. The molecule has 1 aromatic carbocycles. The van der Waals surface area contributed by atoms with Crippen molar-refractivity contribution in [2.75, 3.05) is 12.3 Å². The minimum Gasteiger partial charge on any atom is -0.492 e. The Bertz CT molecular complexity index is 744. The quantitative estimate of drug-likeness (QED) is 0.780. The van der Waals surface area contributed by atoms with E-state index >= 15 is 0 Å². The molecule has 0 bridgehead atoms. The molecule has 0 aliphatic carbocycles. The summed E-state index contributed by atoms with van der Waals surface area (Å²) in [7, 11) is 0. The Hall–Kier alpha value is -2.50. The third-order valence-electron chi connectivity index (χ3n) is 3.45. The van der Waals surface area contributed by atoms with Gasteiger partial charge in [0.25, 0.3) is 0 Å². The van der Waals surface area contributed by atoms with Gasteiger partial charge in [0.1, 0.15) is 17.9 Å². The normalized spacial score (nSPS) is 11.1. The molecule has 0 fully saturated rings. The minimum atomic E-state index is 0.504. The molecular formula is C15H19N5O. The predicted molar refractivity (Wildman–Crippen MR) is 82.3 cm³/mol. The van der Waals surface area contributed by atoms with Crippen LogP contribution in [0, 0.1) is 6.92 Å². The number of aryl methyl sites for hydroxylation is 2. The molecule has 2 aromatic heterocycles. The zero-order chi connectivity index (χ0) is 14.8. The number of aromatic nitrogens is 4. The Labute approximate surface area is 123 Å². The van der Waals surface area contributed by atoms with Crippen molar-refractivity contribution in [3.63, 3.8) is 0 Å². The smallest absolute Gasteiger partial charge is 0.202 e. The van der Waals surface area contributed by atoms with Crippen molar-refractivity contribution in [2.24, 2.45) is 0 Å². The van der Waals surface area contributed by atoms with E-state index in [1.54, 1.807) is 0 Å². The van der Waals surface area contributed by atoms with E-state index in [1.807, 2.05) is 46.5 Å². The zero-order valence-corrected chi connectivity index (χ0v) is 12.3. The summed E-state index contributed by atoms with van der Waals surface area (Å²) in [6.45, 7) is 5.97. The molecule has 0 saturated carbocycles. The number of fused-ring (bicyclic) bond motifs is 1. The number of para-hydroxylation sites is 1. The molecule has 0 radical (unpaired) electrons. The van der Waals surface area contributed by atoms with Crippen molar-refractivity contribution in [3.05, 3.63) is 36.0 Å². The summed E-state index contributed by atoms with van der Waals surface area (Å²) >= 11 is 0. The highest BCUT2D eigenvalue weighted by atomic mass is 16.5. The summed E-state index contributed by atoms with van der Waals surface area (Å²) < 4.78 is 9.62. The number of hydrogen-bond acceptors (Lipinski definition) is 4. The lowest BCUT2D eigenvalue weighted by Gasteiger charge is -2.09. The Morgan fingerprint density at radius 1 is 1.24 bits per heavy atom. The van der Waals surface area contributed by atoms with E-state index in [-0.39, 0.29) is 0 Å². The molecular weight excluding hydrogens is 266 g/mol. The minimum absolute atomic E-state index is 0.504. The maximum absolute atomic E-state index is 6.02. The van der Waals surface area contributed by atoms with Gasteiger partial charge in [-0.2, -0.15) is 5.10 Å². The Morgan fingerprint density at radius 3 is 2.71 bits per heavy atom. The average molecular weight is 285 g/mol. The molecule has 0 aliphatic heterocycles. The summed E-state index contributed by atoms with van der Waals surface area (Å²) in [5, 5.41) is 4.47. The van der Waals surface area contributed by atoms with Crippen LogP contribution in [-0.2, 0) is 13.1 Å². The Morgan fingerprint density at radius 2 is 2.00 bits per heavy atom. The molecule has 3 aromatic rings. The fraction of sp³-hybridized carbons (Fsp3) is 0.333. The number of anilines is 1. The first-order valence-electron chi connectivity index (χ1n) is 7.07. The molecule has 0 unspecified atom stereocenters. The molecule has 21 heavy (non-hydrogen) atoms. The molecule has 0 spiro atoms. The van der Waals surface area contributed by atoms with Gasteiger partial charge in [0.05, 0.1) is 12.2 Å². The zero-order valence-electron chi connectivity index (χ0n) is 12.3. The summed E-state index contributed by atoms with van der Waals surface area (Å²) in [4.78, 5) is 4.41. The number of nitrogen functional groups attached to an aromatic ring is 1. The van der Waals surface area contributed by atoms with Crippen LogP contribution in [0.4, 0.5) is 5.95 Å². The molecule has 6 nitrogen and oxygen atoms in total. The molecule has 0 saturated heterocycles. The third kappa shape index (κ3) is 2.44. The van der Waals surface area contributed by atoms with Crippen molar-refractivity contribution in [1.29, 1.82) is 0 Å².